The van der Waals surface area contributed by atoms with Crippen molar-refractivity contribution in [2.45, 2.75) is 26.3 Å². The molecule has 1 aliphatic heterocycles. The Morgan fingerprint density at radius 3 is 2.71 bits per heavy atom. The third-order valence-electron chi connectivity index (χ3n) is 3.89. The molecule has 1 rings (SSSR count). The van der Waals surface area contributed by atoms with E-state index in [2.05, 4.69) is 41.3 Å². The predicted octanol–water partition coefficient (Wildman–Crippen LogP) is 0.231. The molecule has 0 aromatic heterocycles. The molecule has 0 aromatic rings. The Morgan fingerprint density at radius 1 is 1.29 bits per heavy atom. The largest absolute Gasteiger partial charge is 0.383 e. The molecule has 2 N–H and O–H groups in total. The predicted molar refractivity (Wildman–Crippen MR) is 99.8 cm³/mol. The van der Waals surface area contributed by atoms with Gasteiger partial charge in [0.25, 0.3) is 0 Å². The van der Waals surface area contributed by atoms with Crippen LogP contribution in [0.15, 0.2) is 4.99 Å². The average Bonchev–Trinajstić information content (AvgIpc) is 2.57. The normalized spacial score (nSPS) is 16.8. The highest BCUT2D eigenvalue weighted by Crippen LogP contribution is 1.98. The van der Waals surface area contributed by atoms with Crippen molar-refractivity contribution in [3.63, 3.8) is 0 Å². The summed E-state index contributed by atoms with van der Waals surface area (Å²) < 4.78 is 10.5. The van der Waals surface area contributed by atoms with Crippen molar-refractivity contribution in [2.24, 2.45) is 4.99 Å². The van der Waals surface area contributed by atoms with Crippen LogP contribution in [0.5, 0.6) is 0 Å². The molecule has 1 saturated heterocycles. The van der Waals surface area contributed by atoms with E-state index < -0.39 is 0 Å². The van der Waals surface area contributed by atoms with Crippen LogP contribution >= 0.6 is 0 Å². The maximum absolute atomic E-state index is 5.37. The number of nitrogens with one attached hydrogen (secondary N) is 2. The Bertz CT molecular complexity index is 333. The summed E-state index contributed by atoms with van der Waals surface area (Å²) in [6.07, 6.45) is 1.08. The van der Waals surface area contributed by atoms with Gasteiger partial charge in [-0.25, -0.2) is 0 Å². The van der Waals surface area contributed by atoms with Crippen LogP contribution in [0.4, 0.5) is 0 Å². The maximum atomic E-state index is 5.37. The van der Waals surface area contributed by atoms with Gasteiger partial charge in [0.1, 0.15) is 0 Å². The number of ether oxygens (including phenoxy) is 2. The lowest BCUT2D eigenvalue weighted by Crippen LogP contribution is -2.44. The lowest BCUT2D eigenvalue weighted by atomic mass is 10.3. The minimum Gasteiger partial charge on any atom is -0.383 e. The summed E-state index contributed by atoms with van der Waals surface area (Å²) in [7, 11) is 3.84. The monoisotopic (exact) mass is 343 g/mol. The fourth-order valence-electron chi connectivity index (χ4n) is 2.46. The van der Waals surface area contributed by atoms with Crippen LogP contribution < -0.4 is 10.6 Å². The second kappa shape index (κ2) is 13.4. The lowest BCUT2D eigenvalue weighted by Gasteiger charge is -2.26. The topological polar surface area (TPSA) is 61.4 Å². The summed E-state index contributed by atoms with van der Waals surface area (Å²) in [5.41, 5.74) is 0. The SMILES string of the molecule is COCCN(C)CCNC(=NCCCN1CCOCC1)NC(C)C. The minimum atomic E-state index is 0.377. The van der Waals surface area contributed by atoms with Gasteiger partial charge in [-0.05, 0) is 27.3 Å². The molecular formula is C17H37N5O2. The number of aliphatic imine (C=N–C) groups is 1. The molecule has 0 unspecified atom stereocenters. The van der Waals surface area contributed by atoms with E-state index in [1.165, 1.54) is 0 Å². The van der Waals surface area contributed by atoms with E-state index in [0.717, 1.165) is 78.0 Å². The first kappa shape index (κ1) is 21.2. The molecule has 7 heteroatoms. The summed E-state index contributed by atoms with van der Waals surface area (Å²) in [6, 6.07) is 0.377. The number of hydrogen-bond donors (Lipinski definition) is 2. The van der Waals surface area contributed by atoms with Gasteiger partial charge in [0, 0.05) is 59.0 Å². The van der Waals surface area contributed by atoms with E-state index in [1.54, 1.807) is 7.11 Å². The molecule has 0 bridgehead atoms. The smallest absolute Gasteiger partial charge is 0.191 e. The molecule has 1 heterocycles. The summed E-state index contributed by atoms with van der Waals surface area (Å²) in [5.74, 6) is 0.909. The first-order valence-corrected chi connectivity index (χ1v) is 9.14. The Labute approximate surface area is 147 Å². The van der Waals surface area contributed by atoms with Gasteiger partial charge in [-0.15, -0.1) is 0 Å². The zero-order valence-electron chi connectivity index (χ0n) is 16.0. The van der Waals surface area contributed by atoms with Crippen LogP contribution in [-0.4, -0.2) is 102 Å². The number of hydrogen-bond acceptors (Lipinski definition) is 5. The molecule has 1 fully saturated rings. The van der Waals surface area contributed by atoms with Gasteiger partial charge in [-0.1, -0.05) is 0 Å². The van der Waals surface area contributed by atoms with Crippen molar-refractivity contribution in [1.29, 1.82) is 0 Å². The second-order valence-corrected chi connectivity index (χ2v) is 6.56. The van der Waals surface area contributed by atoms with Crippen molar-refractivity contribution in [2.75, 3.05) is 79.8 Å². The molecule has 7 nitrogen and oxygen atoms in total. The molecular weight excluding hydrogens is 306 g/mol. The molecule has 24 heavy (non-hydrogen) atoms. The lowest BCUT2D eigenvalue weighted by molar-refractivity contribution is 0.0377. The zero-order valence-corrected chi connectivity index (χ0v) is 16.0. The summed E-state index contributed by atoms with van der Waals surface area (Å²) in [5, 5.41) is 6.82. The van der Waals surface area contributed by atoms with Crippen molar-refractivity contribution in [3.8, 4) is 0 Å². The Hall–Kier alpha value is -0.890. The van der Waals surface area contributed by atoms with E-state index >= 15 is 0 Å². The molecule has 0 aliphatic carbocycles. The van der Waals surface area contributed by atoms with Crippen LogP contribution in [0.1, 0.15) is 20.3 Å². The molecule has 0 amide bonds. The summed E-state index contributed by atoms with van der Waals surface area (Å²) in [6.45, 7) is 13.6. The third-order valence-corrected chi connectivity index (χ3v) is 3.89. The molecule has 0 radical (unpaired) electrons. The zero-order chi connectivity index (χ0) is 17.6. The molecule has 1 aliphatic rings. The fourth-order valence-corrected chi connectivity index (χ4v) is 2.46. The van der Waals surface area contributed by atoms with Gasteiger partial charge in [0.15, 0.2) is 5.96 Å². The van der Waals surface area contributed by atoms with Crippen LogP contribution in [0, 0.1) is 0 Å². The molecule has 0 saturated carbocycles. The molecule has 0 atom stereocenters. The van der Waals surface area contributed by atoms with Crippen LogP contribution in [0.25, 0.3) is 0 Å². The van der Waals surface area contributed by atoms with E-state index in [9.17, 15) is 0 Å². The molecule has 142 valence electrons. The number of guanidine groups is 1. The Balaban J connectivity index is 2.23. The standard InChI is InChI=1S/C17H37N5O2/c1-16(2)20-17(19-7-9-21(3)10-13-23-4)18-6-5-8-22-11-14-24-15-12-22/h16H,5-15H2,1-4H3,(H2,18,19,20). The Morgan fingerprint density at radius 2 is 2.04 bits per heavy atom. The van der Waals surface area contributed by atoms with Gasteiger partial charge >= 0.3 is 0 Å². The van der Waals surface area contributed by atoms with Crippen molar-refractivity contribution in [3.05, 3.63) is 0 Å². The van der Waals surface area contributed by atoms with E-state index in [1.807, 2.05) is 0 Å². The fraction of sp³-hybridized carbons (Fsp3) is 0.941. The first-order valence-electron chi connectivity index (χ1n) is 9.14. The quantitative estimate of drug-likeness (QED) is 0.318. The van der Waals surface area contributed by atoms with Gasteiger partial charge in [0.2, 0.25) is 0 Å². The van der Waals surface area contributed by atoms with E-state index in [4.69, 9.17) is 14.5 Å². The average molecular weight is 344 g/mol. The maximum Gasteiger partial charge on any atom is 0.191 e. The highest BCUT2D eigenvalue weighted by Gasteiger charge is 2.09. The van der Waals surface area contributed by atoms with E-state index in [-0.39, 0.29) is 0 Å². The molecule has 0 aromatic carbocycles. The number of likely N-dealkylation sites (N-methyl/N-ethyl adjacent to an activating group) is 1. The highest BCUT2D eigenvalue weighted by atomic mass is 16.5. The highest BCUT2D eigenvalue weighted by molar-refractivity contribution is 5.80. The van der Waals surface area contributed by atoms with Crippen molar-refractivity contribution in [1.82, 2.24) is 20.4 Å². The van der Waals surface area contributed by atoms with Crippen LogP contribution in [-0.2, 0) is 9.47 Å². The van der Waals surface area contributed by atoms with Crippen molar-refractivity contribution < 1.29 is 9.47 Å². The molecule has 0 spiro atoms. The Kier molecular flexibility index (Phi) is 11.8. The van der Waals surface area contributed by atoms with Gasteiger partial charge < -0.3 is 25.0 Å². The van der Waals surface area contributed by atoms with Crippen molar-refractivity contribution >= 4 is 5.96 Å². The minimum absolute atomic E-state index is 0.377. The van der Waals surface area contributed by atoms with Crippen LogP contribution in [0.3, 0.4) is 0 Å². The number of rotatable bonds is 11. The summed E-state index contributed by atoms with van der Waals surface area (Å²) in [4.78, 5) is 9.40. The summed E-state index contributed by atoms with van der Waals surface area (Å²) >= 11 is 0. The third kappa shape index (κ3) is 10.8. The number of methoxy groups -OCH3 is 1. The number of morpholine rings is 1. The second-order valence-electron chi connectivity index (χ2n) is 6.56. The number of nitrogens with zero attached hydrogens (tertiary/aromatic N) is 3. The van der Waals surface area contributed by atoms with Gasteiger partial charge in [-0.3, -0.25) is 9.89 Å². The van der Waals surface area contributed by atoms with Gasteiger partial charge in [-0.2, -0.15) is 0 Å². The van der Waals surface area contributed by atoms with E-state index in [0.29, 0.717) is 6.04 Å². The van der Waals surface area contributed by atoms with Gasteiger partial charge in [0.05, 0.1) is 19.8 Å². The van der Waals surface area contributed by atoms with Crippen LogP contribution in [0.2, 0.25) is 0 Å². The first-order chi connectivity index (χ1) is 11.6.